The molecule has 1 atom stereocenters. The van der Waals surface area contributed by atoms with Gasteiger partial charge in [-0.15, -0.1) is 0 Å². The summed E-state index contributed by atoms with van der Waals surface area (Å²) in [5, 5.41) is 13.8. The average Bonchev–Trinajstić information content (AvgIpc) is 2.74. The van der Waals surface area contributed by atoms with Crippen molar-refractivity contribution >= 4 is 11.9 Å². The zero-order valence-corrected chi connectivity index (χ0v) is 12.7. The topological polar surface area (TPSA) is 75.4 Å². The summed E-state index contributed by atoms with van der Waals surface area (Å²) in [5.74, 6) is -1.12. The van der Waals surface area contributed by atoms with Crippen molar-refractivity contribution in [1.29, 1.82) is 0 Å². The van der Waals surface area contributed by atoms with Gasteiger partial charge < -0.3 is 10.0 Å². The molecule has 21 heavy (non-hydrogen) atoms. The molecule has 1 saturated heterocycles. The van der Waals surface area contributed by atoms with Crippen molar-refractivity contribution in [3.8, 4) is 0 Å². The second-order valence-corrected chi connectivity index (χ2v) is 5.39. The molecule has 1 aliphatic heterocycles. The van der Waals surface area contributed by atoms with Crippen LogP contribution in [0.1, 0.15) is 55.7 Å². The lowest BCUT2D eigenvalue weighted by Crippen LogP contribution is -2.45. The number of carbonyl (C=O) groups excluding carboxylic acids is 1. The van der Waals surface area contributed by atoms with Crippen LogP contribution >= 0.6 is 0 Å². The number of rotatable bonds is 4. The molecule has 1 aliphatic rings. The molecule has 116 valence electrons. The Morgan fingerprint density at radius 1 is 1.33 bits per heavy atom. The molecular weight excluding hydrogens is 270 g/mol. The summed E-state index contributed by atoms with van der Waals surface area (Å²) < 4.78 is 1.67. The zero-order valence-electron chi connectivity index (χ0n) is 12.7. The van der Waals surface area contributed by atoms with Crippen LogP contribution in [0.25, 0.3) is 0 Å². The maximum absolute atomic E-state index is 12.8. The minimum Gasteiger partial charge on any atom is -0.480 e. The number of carboxylic acid groups (broad SMARTS) is 1. The Kier molecular flexibility index (Phi) is 4.98. The molecule has 1 fully saturated rings. The highest BCUT2D eigenvalue weighted by atomic mass is 16.4. The van der Waals surface area contributed by atoms with Gasteiger partial charge in [-0.25, -0.2) is 4.79 Å². The number of carboxylic acids is 1. The largest absolute Gasteiger partial charge is 0.480 e. The monoisotopic (exact) mass is 293 g/mol. The molecule has 2 heterocycles. The van der Waals surface area contributed by atoms with E-state index in [2.05, 4.69) is 5.10 Å². The highest BCUT2D eigenvalue weighted by Gasteiger charge is 2.32. The van der Waals surface area contributed by atoms with E-state index in [1.807, 2.05) is 13.8 Å². The summed E-state index contributed by atoms with van der Waals surface area (Å²) in [6, 6.07) is 1.07. The van der Waals surface area contributed by atoms with Crippen molar-refractivity contribution < 1.29 is 14.7 Å². The molecule has 0 bridgehead atoms. The average molecular weight is 293 g/mol. The standard InChI is InChI=1S/C15H23N3O3/c1-3-11-10-13(18(4-2)16-11)14(19)17-9-7-5-6-8-12(17)15(20)21/h10,12H,3-9H2,1-2H3,(H,20,21). The summed E-state index contributed by atoms with van der Waals surface area (Å²) in [4.78, 5) is 25.7. The number of aryl methyl sites for hydroxylation is 2. The first kappa shape index (κ1) is 15.5. The van der Waals surface area contributed by atoms with Crippen molar-refractivity contribution in [3.63, 3.8) is 0 Å². The van der Waals surface area contributed by atoms with Crippen LogP contribution in [0.3, 0.4) is 0 Å². The fourth-order valence-corrected chi connectivity index (χ4v) is 2.81. The van der Waals surface area contributed by atoms with Crippen LogP contribution in [0.15, 0.2) is 6.07 Å². The highest BCUT2D eigenvalue weighted by molar-refractivity contribution is 5.95. The Bertz CT molecular complexity index is 524. The van der Waals surface area contributed by atoms with Gasteiger partial charge in [0.15, 0.2) is 0 Å². The number of likely N-dealkylation sites (tertiary alicyclic amines) is 1. The van der Waals surface area contributed by atoms with E-state index in [-0.39, 0.29) is 5.91 Å². The van der Waals surface area contributed by atoms with Gasteiger partial charge in [-0.3, -0.25) is 9.48 Å². The van der Waals surface area contributed by atoms with Gasteiger partial charge in [0, 0.05) is 13.1 Å². The van der Waals surface area contributed by atoms with Crippen molar-refractivity contribution in [2.24, 2.45) is 0 Å². The number of hydrogen-bond acceptors (Lipinski definition) is 3. The first-order valence-electron chi connectivity index (χ1n) is 7.69. The van der Waals surface area contributed by atoms with Gasteiger partial charge in [0.25, 0.3) is 5.91 Å². The number of nitrogens with zero attached hydrogens (tertiary/aromatic N) is 3. The predicted octanol–water partition coefficient (Wildman–Crippen LogP) is 1.93. The molecule has 0 aromatic carbocycles. The summed E-state index contributed by atoms with van der Waals surface area (Å²) in [5.41, 5.74) is 1.37. The second kappa shape index (κ2) is 6.74. The van der Waals surface area contributed by atoms with E-state index < -0.39 is 12.0 Å². The van der Waals surface area contributed by atoms with Crippen LogP contribution in [0, 0.1) is 0 Å². The number of carbonyl (C=O) groups is 2. The van der Waals surface area contributed by atoms with E-state index in [4.69, 9.17) is 0 Å². The van der Waals surface area contributed by atoms with E-state index in [1.165, 1.54) is 4.90 Å². The van der Waals surface area contributed by atoms with Crippen LogP contribution in [-0.2, 0) is 17.8 Å². The number of aromatic nitrogens is 2. The van der Waals surface area contributed by atoms with E-state index in [9.17, 15) is 14.7 Å². The third-order valence-corrected chi connectivity index (χ3v) is 4.01. The molecule has 1 N–H and O–H groups in total. The Hall–Kier alpha value is -1.85. The molecule has 1 amide bonds. The number of aliphatic carboxylic acids is 1. The van der Waals surface area contributed by atoms with Gasteiger partial charge in [-0.2, -0.15) is 5.10 Å². The van der Waals surface area contributed by atoms with Gasteiger partial charge in [-0.05, 0) is 32.3 Å². The van der Waals surface area contributed by atoms with Gasteiger partial charge in [0.05, 0.1) is 5.69 Å². The van der Waals surface area contributed by atoms with Crippen molar-refractivity contribution in [2.45, 2.75) is 58.5 Å². The Balaban J connectivity index is 2.31. The van der Waals surface area contributed by atoms with Crippen LogP contribution in [0.2, 0.25) is 0 Å². The van der Waals surface area contributed by atoms with Crippen LogP contribution < -0.4 is 0 Å². The molecule has 6 nitrogen and oxygen atoms in total. The van der Waals surface area contributed by atoms with Gasteiger partial charge in [-0.1, -0.05) is 19.8 Å². The minimum atomic E-state index is -0.913. The number of amides is 1. The quantitative estimate of drug-likeness (QED) is 0.920. The van der Waals surface area contributed by atoms with Crippen LogP contribution in [0.4, 0.5) is 0 Å². The lowest BCUT2D eigenvalue weighted by atomic mass is 10.1. The third-order valence-electron chi connectivity index (χ3n) is 4.01. The maximum atomic E-state index is 12.8. The summed E-state index contributed by atoms with van der Waals surface area (Å²) in [7, 11) is 0. The molecule has 0 radical (unpaired) electrons. The smallest absolute Gasteiger partial charge is 0.326 e. The first-order valence-corrected chi connectivity index (χ1v) is 7.69. The molecule has 0 aliphatic carbocycles. The fourth-order valence-electron chi connectivity index (χ4n) is 2.81. The molecule has 1 aromatic rings. The molecule has 1 unspecified atom stereocenters. The summed E-state index contributed by atoms with van der Waals surface area (Å²) in [6.07, 6.45) is 3.98. The maximum Gasteiger partial charge on any atom is 0.326 e. The molecule has 1 aromatic heterocycles. The Labute approximate surface area is 124 Å². The minimum absolute atomic E-state index is 0.210. The summed E-state index contributed by atoms with van der Waals surface area (Å²) in [6.45, 7) is 5.03. The Morgan fingerprint density at radius 3 is 2.71 bits per heavy atom. The molecular formula is C15H23N3O3. The van der Waals surface area contributed by atoms with Crippen LogP contribution in [-0.4, -0.2) is 44.3 Å². The lowest BCUT2D eigenvalue weighted by molar-refractivity contribution is -0.142. The van der Waals surface area contributed by atoms with Crippen molar-refractivity contribution in [3.05, 3.63) is 17.5 Å². The third kappa shape index (κ3) is 3.25. The van der Waals surface area contributed by atoms with Gasteiger partial charge in [0.1, 0.15) is 11.7 Å². The SMILES string of the molecule is CCc1cc(C(=O)N2CCCCCC2C(=O)O)n(CC)n1. The Morgan fingerprint density at radius 2 is 2.10 bits per heavy atom. The van der Waals surface area contributed by atoms with E-state index in [0.29, 0.717) is 25.2 Å². The van der Waals surface area contributed by atoms with Crippen molar-refractivity contribution in [1.82, 2.24) is 14.7 Å². The number of hydrogen-bond donors (Lipinski definition) is 1. The molecule has 0 spiro atoms. The zero-order chi connectivity index (χ0) is 15.4. The van der Waals surface area contributed by atoms with Gasteiger partial charge >= 0.3 is 5.97 Å². The van der Waals surface area contributed by atoms with E-state index >= 15 is 0 Å². The first-order chi connectivity index (χ1) is 10.1. The van der Waals surface area contributed by atoms with E-state index in [0.717, 1.165) is 31.4 Å². The highest BCUT2D eigenvalue weighted by Crippen LogP contribution is 2.20. The van der Waals surface area contributed by atoms with Crippen LogP contribution in [0.5, 0.6) is 0 Å². The fraction of sp³-hybridized carbons (Fsp3) is 0.667. The summed E-state index contributed by atoms with van der Waals surface area (Å²) >= 11 is 0. The molecule has 0 saturated carbocycles. The van der Waals surface area contributed by atoms with Crippen molar-refractivity contribution in [2.75, 3.05) is 6.54 Å². The van der Waals surface area contributed by atoms with Gasteiger partial charge in [0.2, 0.25) is 0 Å². The lowest BCUT2D eigenvalue weighted by Gasteiger charge is -2.26. The second-order valence-electron chi connectivity index (χ2n) is 5.39. The predicted molar refractivity (Wildman–Crippen MR) is 78.2 cm³/mol. The molecule has 6 heteroatoms. The molecule has 2 rings (SSSR count). The normalized spacial score (nSPS) is 19.3. The van der Waals surface area contributed by atoms with E-state index in [1.54, 1.807) is 10.7 Å².